The molecule has 27 heavy (non-hydrogen) atoms. The molecule has 0 bridgehead atoms. The summed E-state index contributed by atoms with van der Waals surface area (Å²) in [5, 5.41) is 13.0. The minimum absolute atomic E-state index is 0.106. The third kappa shape index (κ3) is 3.77. The summed E-state index contributed by atoms with van der Waals surface area (Å²) in [5.74, 6) is 0.309. The van der Waals surface area contributed by atoms with E-state index < -0.39 is 0 Å². The van der Waals surface area contributed by atoms with Gasteiger partial charge in [0.05, 0.1) is 17.9 Å². The number of rotatable bonds is 4. The Morgan fingerprint density at radius 2 is 1.81 bits per heavy atom. The van der Waals surface area contributed by atoms with Gasteiger partial charge in [-0.1, -0.05) is 37.5 Å². The fraction of sp³-hybridized carbons (Fsp3) is 0.400. The molecule has 1 aromatic heterocycles. The second kappa shape index (κ2) is 7.73. The van der Waals surface area contributed by atoms with Crippen LogP contribution in [0.2, 0.25) is 0 Å². The number of benzene rings is 1. The van der Waals surface area contributed by atoms with Crippen molar-refractivity contribution in [2.24, 2.45) is 5.10 Å². The molecule has 2 heterocycles. The smallest absolute Gasteiger partial charge is 0.273 e. The molecule has 4 rings (SSSR count). The van der Waals surface area contributed by atoms with Crippen molar-refractivity contribution in [1.82, 2.24) is 9.78 Å². The topological polar surface area (TPSA) is 79.6 Å². The largest absolute Gasteiger partial charge is 0.306 e. The van der Waals surface area contributed by atoms with E-state index in [1.54, 1.807) is 18.3 Å². The van der Waals surface area contributed by atoms with Gasteiger partial charge in [0.1, 0.15) is 11.5 Å². The monoisotopic (exact) mass is 365 g/mol. The Kier molecular flexibility index (Phi) is 5.00. The molecule has 1 aliphatic carbocycles. The summed E-state index contributed by atoms with van der Waals surface area (Å²) in [6.45, 7) is 0. The number of aromatic nitrogens is 2. The molecule has 140 valence electrons. The van der Waals surface area contributed by atoms with Crippen LogP contribution in [0.25, 0.3) is 0 Å². The number of anilines is 2. The van der Waals surface area contributed by atoms with Crippen LogP contribution in [-0.4, -0.2) is 27.3 Å². The van der Waals surface area contributed by atoms with Gasteiger partial charge >= 0.3 is 0 Å². The van der Waals surface area contributed by atoms with Crippen molar-refractivity contribution in [2.45, 2.75) is 51.0 Å². The van der Waals surface area contributed by atoms with E-state index in [0.717, 1.165) is 12.8 Å². The average molecular weight is 365 g/mol. The lowest BCUT2D eigenvalue weighted by atomic mass is 9.96. The van der Waals surface area contributed by atoms with Crippen LogP contribution in [0.15, 0.2) is 47.7 Å². The van der Waals surface area contributed by atoms with Crippen LogP contribution in [0.5, 0.6) is 0 Å². The molecule has 0 saturated heterocycles. The molecule has 1 saturated carbocycles. The summed E-state index contributed by atoms with van der Waals surface area (Å²) < 4.78 is 1.92. The van der Waals surface area contributed by atoms with Crippen LogP contribution in [-0.2, 0) is 9.59 Å². The summed E-state index contributed by atoms with van der Waals surface area (Å²) in [5.41, 5.74) is 1.02. The van der Waals surface area contributed by atoms with Crippen molar-refractivity contribution in [3.8, 4) is 0 Å². The van der Waals surface area contributed by atoms with Gasteiger partial charge < -0.3 is 5.32 Å². The van der Waals surface area contributed by atoms with E-state index in [9.17, 15) is 9.59 Å². The Bertz CT molecular complexity index is 852. The summed E-state index contributed by atoms with van der Waals surface area (Å²) in [4.78, 5) is 25.0. The first-order chi connectivity index (χ1) is 13.2. The maximum atomic E-state index is 12.8. The number of amides is 2. The molecule has 2 amide bonds. The fourth-order valence-electron chi connectivity index (χ4n) is 3.71. The van der Waals surface area contributed by atoms with Crippen molar-refractivity contribution in [3.63, 3.8) is 0 Å². The highest BCUT2D eigenvalue weighted by Gasteiger charge is 2.26. The maximum absolute atomic E-state index is 12.8. The standard InChI is InChI=1S/C20H23N5O2/c26-19-12-11-17(23-25(19)16-9-5-2-6-10-16)20(27)22-18-13-14-21-24(18)15-7-3-1-4-8-15/h2,5-6,9-10,13-15H,1,3-4,7-8,11-12H2,(H,22,27). The minimum Gasteiger partial charge on any atom is -0.306 e. The fourth-order valence-corrected chi connectivity index (χ4v) is 3.71. The van der Waals surface area contributed by atoms with Gasteiger partial charge in [0, 0.05) is 18.9 Å². The van der Waals surface area contributed by atoms with Crippen LogP contribution in [0.4, 0.5) is 11.5 Å². The Balaban J connectivity index is 1.52. The van der Waals surface area contributed by atoms with E-state index in [1.807, 2.05) is 28.9 Å². The van der Waals surface area contributed by atoms with Gasteiger partial charge in [0.15, 0.2) is 0 Å². The minimum atomic E-state index is -0.277. The van der Waals surface area contributed by atoms with Gasteiger partial charge in [-0.2, -0.15) is 10.2 Å². The van der Waals surface area contributed by atoms with E-state index in [2.05, 4.69) is 15.5 Å². The van der Waals surface area contributed by atoms with E-state index in [1.165, 1.54) is 24.3 Å². The second-order valence-electron chi connectivity index (χ2n) is 6.99. The number of carbonyl (C=O) groups is 2. The highest BCUT2D eigenvalue weighted by atomic mass is 16.2. The number of carbonyl (C=O) groups excluding carboxylic acids is 2. The molecular weight excluding hydrogens is 342 g/mol. The zero-order valence-electron chi connectivity index (χ0n) is 15.2. The Hall–Kier alpha value is -2.96. The molecule has 1 fully saturated rings. The lowest BCUT2D eigenvalue weighted by Crippen LogP contribution is -2.36. The Morgan fingerprint density at radius 3 is 2.59 bits per heavy atom. The van der Waals surface area contributed by atoms with Crippen LogP contribution < -0.4 is 10.3 Å². The van der Waals surface area contributed by atoms with Crippen molar-refractivity contribution < 1.29 is 9.59 Å². The van der Waals surface area contributed by atoms with Gasteiger partial charge in [-0.3, -0.25) is 9.59 Å². The normalized spacial score (nSPS) is 18.3. The predicted molar refractivity (Wildman–Crippen MR) is 104 cm³/mol. The lowest BCUT2D eigenvalue weighted by molar-refractivity contribution is -0.118. The molecule has 0 unspecified atom stereocenters. The number of nitrogens with zero attached hydrogens (tertiary/aromatic N) is 4. The summed E-state index contributed by atoms with van der Waals surface area (Å²) in [7, 11) is 0. The third-order valence-electron chi connectivity index (χ3n) is 5.13. The van der Waals surface area contributed by atoms with Crippen LogP contribution in [0.1, 0.15) is 51.0 Å². The van der Waals surface area contributed by atoms with E-state index in [0.29, 0.717) is 29.7 Å². The molecular formula is C20H23N5O2. The number of hydrazone groups is 1. The van der Waals surface area contributed by atoms with Gasteiger partial charge in [-0.15, -0.1) is 0 Å². The zero-order chi connectivity index (χ0) is 18.6. The molecule has 0 radical (unpaired) electrons. The van der Waals surface area contributed by atoms with Gasteiger partial charge in [-0.05, 0) is 25.0 Å². The quantitative estimate of drug-likeness (QED) is 0.900. The number of hydrogen-bond acceptors (Lipinski definition) is 4. The highest BCUT2D eigenvalue weighted by Crippen LogP contribution is 2.30. The maximum Gasteiger partial charge on any atom is 0.273 e. The summed E-state index contributed by atoms with van der Waals surface area (Å²) in [6, 6.07) is 11.3. The molecule has 2 aliphatic rings. The van der Waals surface area contributed by atoms with Crippen molar-refractivity contribution >= 4 is 29.0 Å². The summed E-state index contributed by atoms with van der Waals surface area (Å²) >= 11 is 0. The van der Waals surface area contributed by atoms with Crippen molar-refractivity contribution in [1.29, 1.82) is 0 Å². The molecule has 7 heteroatoms. The van der Waals surface area contributed by atoms with Crippen LogP contribution in [0, 0.1) is 0 Å². The molecule has 1 aromatic carbocycles. The Labute approximate surface area is 158 Å². The van der Waals surface area contributed by atoms with Crippen LogP contribution >= 0.6 is 0 Å². The van der Waals surface area contributed by atoms with E-state index in [-0.39, 0.29) is 18.2 Å². The molecule has 2 aromatic rings. The molecule has 1 N–H and O–H groups in total. The number of hydrogen-bond donors (Lipinski definition) is 1. The number of nitrogens with one attached hydrogen (secondary N) is 1. The number of para-hydroxylation sites is 1. The lowest BCUT2D eigenvalue weighted by Gasteiger charge is -2.25. The van der Waals surface area contributed by atoms with Gasteiger partial charge in [0.25, 0.3) is 5.91 Å². The van der Waals surface area contributed by atoms with E-state index in [4.69, 9.17) is 0 Å². The predicted octanol–water partition coefficient (Wildman–Crippen LogP) is 3.51. The first kappa shape index (κ1) is 17.5. The summed E-state index contributed by atoms with van der Waals surface area (Å²) in [6.07, 6.45) is 8.14. The van der Waals surface area contributed by atoms with Crippen molar-refractivity contribution in [3.05, 3.63) is 42.6 Å². The zero-order valence-corrected chi connectivity index (χ0v) is 15.2. The average Bonchev–Trinajstić information content (AvgIpc) is 3.17. The molecule has 0 spiro atoms. The molecule has 7 nitrogen and oxygen atoms in total. The van der Waals surface area contributed by atoms with Gasteiger partial charge in [-0.25, -0.2) is 9.69 Å². The van der Waals surface area contributed by atoms with Gasteiger partial charge in [0.2, 0.25) is 5.91 Å². The SMILES string of the molecule is O=C(Nc1ccnn1C1CCCCC1)C1=NN(c2ccccc2)C(=O)CC1. The Morgan fingerprint density at radius 1 is 1.04 bits per heavy atom. The first-order valence-electron chi connectivity index (χ1n) is 9.53. The van der Waals surface area contributed by atoms with Crippen molar-refractivity contribution in [2.75, 3.05) is 10.3 Å². The first-order valence-corrected chi connectivity index (χ1v) is 9.53. The molecule has 1 aliphatic heterocycles. The van der Waals surface area contributed by atoms with E-state index >= 15 is 0 Å². The van der Waals surface area contributed by atoms with Crippen LogP contribution in [0.3, 0.4) is 0 Å². The highest BCUT2D eigenvalue weighted by molar-refractivity contribution is 6.44. The third-order valence-corrected chi connectivity index (χ3v) is 5.13. The molecule has 0 atom stereocenters. The second-order valence-corrected chi connectivity index (χ2v) is 6.99.